The van der Waals surface area contributed by atoms with Crippen molar-refractivity contribution >= 4 is 5.65 Å². The predicted molar refractivity (Wildman–Crippen MR) is 94.2 cm³/mol. The summed E-state index contributed by atoms with van der Waals surface area (Å²) in [6.07, 6.45) is 6.42. The first-order valence-corrected chi connectivity index (χ1v) is 8.85. The van der Waals surface area contributed by atoms with Crippen molar-refractivity contribution in [1.82, 2.24) is 19.9 Å². The number of hydrogen-bond acceptors (Lipinski definition) is 5. The monoisotopic (exact) mass is 343 g/mol. The number of aromatic amines is 1. The van der Waals surface area contributed by atoms with Crippen LogP contribution in [0, 0.1) is 23.2 Å². The summed E-state index contributed by atoms with van der Waals surface area (Å²) in [5, 5.41) is 15.4. The fraction of sp³-hybridized carbons (Fsp3) is 0.611. The van der Waals surface area contributed by atoms with Gasteiger partial charge < -0.3 is 10.1 Å². The van der Waals surface area contributed by atoms with Crippen molar-refractivity contribution < 1.29 is 4.74 Å². The normalized spacial score (nSPS) is 22.0. The third-order valence-corrected chi connectivity index (χ3v) is 5.19. The highest BCUT2D eigenvalue weighted by Gasteiger charge is 2.26. The van der Waals surface area contributed by atoms with Crippen molar-refractivity contribution in [3.8, 4) is 6.07 Å². The smallest absolute Gasteiger partial charge is 0.272 e. The predicted octanol–water partition coefficient (Wildman–Crippen LogP) is 1.83. The Hall–Kier alpha value is -2.17. The van der Waals surface area contributed by atoms with E-state index >= 15 is 0 Å². The molecule has 1 atom stereocenters. The number of nitriles is 1. The Morgan fingerprint density at radius 3 is 2.92 bits per heavy atom. The molecule has 0 aromatic carbocycles. The first-order chi connectivity index (χ1) is 12.1. The van der Waals surface area contributed by atoms with E-state index in [9.17, 15) is 4.79 Å². The maximum atomic E-state index is 12.2. The van der Waals surface area contributed by atoms with E-state index in [0.29, 0.717) is 36.0 Å². The number of nitrogens with one attached hydrogen (secondary N) is 2. The maximum absolute atomic E-state index is 12.2. The van der Waals surface area contributed by atoms with Gasteiger partial charge in [0, 0.05) is 32.0 Å². The minimum Gasteiger partial charge on any atom is -0.383 e. The largest absolute Gasteiger partial charge is 0.383 e. The van der Waals surface area contributed by atoms with E-state index < -0.39 is 0 Å². The van der Waals surface area contributed by atoms with Gasteiger partial charge in [0.05, 0.1) is 12.3 Å². The lowest BCUT2D eigenvalue weighted by atomic mass is 9.79. The summed E-state index contributed by atoms with van der Waals surface area (Å²) in [7, 11) is 1.72. The van der Waals surface area contributed by atoms with Crippen LogP contribution in [-0.4, -0.2) is 34.4 Å². The summed E-state index contributed by atoms with van der Waals surface area (Å²) in [6.45, 7) is 3.45. The quantitative estimate of drug-likeness (QED) is 0.834. The topological polar surface area (TPSA) is 95.2 Å². The molecular formula is C18H25N5O2. The van der Waals surface area contributed by atoms with E-state index in [1.807, 2.05) is 0 Å². The number of rotatable bonds is 6. The number of H-pyrrole nitrogens is 1. The minimum absolute atomic E-state index is 0.210. The molecule has 0 aliphatic heterocycles. The second-order valence-electron chi connectivity index (χ2n) is 7.01. The number of methoxy groups -OCH3 is 1. The van der Waals surface area contributed by atoms with Gasteiger partial charge in [0.25, 0.3) is 5.56 Å². The van der Waals surface area contributed by atoms with Crippen LogP contribution in [0.25, 0.3) is 5.65 Å². The average Bonchev–Trinajstić information content (AvgIpc) is 3.03. The molecule has 2 N–H and O–H groups in total. The highest BCUT2D eigenvalue weighted by molar-refractivity contribution is 5.53. The van der Waals surface area contributed by atoms with Crippen LogP contribution < -0.4 is 10.9 Å². The molecule has 2 aromatic heterocycles. The van der Waals surface area contributed by atoms with Crippen LogP contribution in [0.15, 0.2) is 17.1 Å². The molecule has 1 saturated carbocycles. The highest BCUT2D eigenvalue weighted by atomic mass is 16.5. The second kappa shape index (κ2) is 7.81. The Morgan fingerprint density at radius 2 is 2.24 bits per heavy atom. The average molecular weight is 343 g/mol. The molecule has 134 valence electrons. The lowest BCUT2D eigenvalue weighted by molar-refractivity contribution is 0.117. The highest BCUT2D eigenvalue weighted by Crippen LogP contribution is 2.30. The molecule has 1 aliphatic carbocycles. The molecule has 0 saturated heterocycles. The van der Waals surface area contributed by atoms with Gasteiger partial charge in [-0.2, -0.15) is 5.26 Å². The summed E-state index contributed by atoms with van der Waals surface area (Å²) < 4.78 is 6.68. The molecule has 25 heavy (non-hydrogen) atoms. The van der Waals surface area contributed by atoms with E-state index in [1.165, 1.54) is 42.5 Å². The molecule has 7 nitrogen and oxygen atoms in total. The molecule has 2 aromatic rings. The van der Waals surface area contributed by atoms with Gasteiger partial charge >= 0.3 is 0 Å². The molecule has 0 amide bonds. The van der Waals surface area contributed by atoms with E-state index in [0.717, 1.165) is 5.92 Å². The first kappa shape index (κ1) is 17.6. The van der Waals surface area contributed by atoms with Crippen LogP contribution in [-0.2, 0) is 11.3 Å². The molecule has 0 spiro atoms. The fourth-order valence-corrected chi connectivity index (χ4v) is 3.67. The van der Waals surface area contributed by atoms with Crippen LogP contribution in [0.5, 0.6) is 0 Å². The summed E-state index contributed by atoms with van der Waals surface area (Å²) in [6, 6.07) is 3.81. The van der Waals surface area contributed by atoms with Crippen molar-refractivity contribution in [3.63, 3.8) is 0 Å². The van der Waals surface area contributed by atoms with Crippen molar-refractivity contribution in [1.29, 1.82) is 5.26 Å². The summed E-state index contributed by atoms with van der Waals surface area (Å²) in [5.74, 6) is 1.39. The van der Waals surface area contributed by atoms with E-state index in [1.54, 1.807) is 7.11 Å². The molecule has 7 heteroatoms. The van der Waals surface area contributed by atoms with Crippen molar-refractivity contribution in [2.75, 3.05) is 13.7 Å². The number of fused-ring (bicyclic) bond motifs is 1. The van der Waals surface area contributed by atoms with Gasteiger partial charge in [0.1, 0.15) is 11.6 Å². The number of hydrogen-bond donors (Lipinski definition) is 2. The Morgan fingerprint density at radius 1 is 1.48 bits per heavy atom. The van der Waals surface area contributed by atoms with Gasteiger partial charge in [0.15, 0.2) is 5.65 Å². The molecular weight excluding hydrogens is 318 g/mol. The molecule has 2 heterocycles. The second-order valence-corrected chi connectivity index (χ2v) is 7.01. The Bertz CT molecular complexity index is 811. The zero-order valence-electron chi connectivity index (χ0n) is 14.8. The van der Waals surface area contributed by atoms with Gasteiger partial charge in [-0.25, -0.2) is 9.50 Å². The van der Waals surface area contributed by atoms with Crippen LogP contribution in [0.1, 0.15) is 43.9 Å². The van der Waals surface area contributed by atoms with Gasteiger partial charge in [0.2, 0.25) is 0 Å². The molecule has 0 bridgehead atoms. The van der Waals surface area contributed by atoms with Crippen molar-refractivity contribution in [2.45, 2.75) is 45.2 Å². The minimum atomic E-state index is -0.210. The van der Waals surface area contributed by atoms with Gasteiger partial charge in [-0.1, -0.05) is 19.8 Å². The number of nitrogens with zero attached hydrogens (tertiary/aromatic N) is 3. The first-order valence-electron chi connectivity index (χ1n) is 8.85. The fourth-order valence-electron chi connectivity index (χ4n) is 3.67. The van der Waals surface area contributed by atoms with Crippen LogP contribution >= 0.6 is 0 Å². The van der Waals surface area contributed by atoms with Crippen molar-refractivity contribution in [2.24, 2.45) is 11.8 Å². The Balaban J connectivity index is 1.73. The van der Waals surface area contributed by atoms with E-state index in [2.05, 4.69) is 28.4 Å². The summed E-state index contributed by atoms with van der Waals surface area (Å²) >= 11 is 0. The van der Waals surface area contributed by atoms with Crippen LogP contribution in [0.4, 0.5) is 0 Å². The van der Waals surface area contributed by atoms with Crippen LogP contribution in [0.3, 0.4) is 0 Å². The molecule has 1 fully saturated rings. The zero-order valence-corrected chi connectivity index (χ0v) is 14.8. The molecule has 1 unspecified atom stereocenters. The SMILES string of the molecule is COCC(NCc1cc(=O)n2[nH]cc(C#N)c2n1)C1CCC(C)CC1. The lowest BCUT2D eigenvalue weighted by Gasteiger charge is -2.33. The Kier molecular flexibility index (Phi) is 5.51. The molecule has 3 rings (SSSR count). The summed E-state index contributed by atoms with van der Waals surface area (Å²) in [4.78, 5) is 16.6. The van der Waals surface area contributed by atoms with E-state index in [4.69, 9.17) is 10.00 Å². The third kappa shape index (κ3) is 3.91. The third-order valence-electron chi connectivity index (χ3n) is 5.19. The lowest BCUT2D eigenvalue weighted by Crippen LogP contribution is -2.41. The summed E-state index contributed by atoms with van der Waals surface area (Å²) in [5.41, 5.74) is 1.18. The molecule has 0 radical (unpaired) electrons. The van der Waals surface area contributed by atoms with E-state index in [-0.39, 0.29) is 11.6 Å². The van der Waals surface area contributed by atoms with Gasteiger partial charge in [-0.05, 0) is 24.7 Å². The maximum Gasteiger partial charge on any atom is 0.272 e. The van der Waals surface area contributed by atoms with Gasteiger partial charge in [-0.3, -0.25) is 9.89 Å². The zero-order chi connectivity index (χ0) is 17.8. The van der Waals surface area contributed by atoms with Gasteiger partial charge in [-0.15, -0.1) is 0 Å². The number of aromatic nitrogens is 3. The van der Waals surface area contributed by atoms with Crippen molar-refractivity contribution in [3.05, 3.63) is 33.9 Å². The standard InChI is InChI=1S/C18H25N5O2/c1-12-3-5-13(6-4-12)16(11-25-2)20-10-15-7-17(24)23-18(22-15)14(8-19)9-21-23/h7,9,12-13,16,20-21H,3-6,10-11H2,1-2H3. The Labute approximate surface area is 147 Å². The van der Waals surface area contributed by atoms with Crippen LogP contribution in [0.2, 0.25) is 0 Å². The number of ether oxygens (including phenoxy) is 1. The molecule has 1 aliphatic rings.